The van der Waals surface area contributed by atoms with Crippen molar-refractivity contribution in [3.8, 4) is 0 Å². The molecular formula is C15H31N3O2. The zero-order valence-electron chi connectivity index (χ0n) is 13.4. The van der Waals surface area contributed by atoms with E-state index < -0.39 is 0 Å². The van der Waals surface area contributed by atoms with Crippen molar-refractivity contribution in [1.29, 1.82) is 0 Å². The minimum Gasteiger partial charge on any atom is -0.373 e. The van der Waals surface area contributed by atoms with Crippen LogP contribution in [0.3, 0.4) is 0 Å². The maximum Gasteiger partial charge on any atom is 0.237 e. The molecule has 118 valence electrons. The Labute approximate surface area is 123 Å². The van der Waals surface area contributed by atoms with Crippen molar-refractivity contribution in [2.75, 3.05) is 26.2 Å². The van der Waals surface area contributed by atoms with Crippen LogP contribution in [0.4, 0.5) is 0 Å². The SMILES string of the molecule is CCC(C)C(N)C(=O)NCCCN1CC(C)OC(C)C1. The highest BCUT2D eigenvalue weighted by molar-refractivity contribution is 5.81. The first-order valence-electron chi connectivity index (χ1n) is 7.85. The number of nitrogens with zero attached hydrogens (tertiary/aromatic N) is 1. The van der Waals surface area contributed by atoms with E-state index in [1.807, 2.05) is 6.92 Å². The molecular weight excluding hydrogens is 254 g/mol. The van der Waals surface area contributed by atoms with E-state index in [1.165, 1.54) is 0 Å². The van der Waals surface area contributed by atoms with Gasteiger partial charge in [0.2, 0.25) is 5.91 Å². The Kier molecular flexibility index (Phi) is 7.48. The molecule has 0 spiro atoms. The number of nitrogens with two attached hydrogens (primary N) is 1. The molecule has 0 bridgehead atoms. The van der Waals surface area contributed by atoms with Gasteiger partial charge in [0, 0.05) is 26.2 Å². The average molecular weight is 285 g/mol. The third-order valence-electron chi connectivity index (χ3n) is 4.01. The van der Waals surface area contributed by atoms with Gasteiger partial charge >= 0.3 is 0 Å². The van der Waals surface area contributed by atoms with Crippen LogP contribution in [0.5, 0.6) is 0 Å². The van der Waals surface area contributed by atoms with Gasteiger partial charge in [0.05, 0.1) is 18.2 Å². The van der Waals surface area contributed by atoms with Crippen molar-refractivity contribution in [3.63, 3.8) is 0 Å². The first-order chi connectivity index (χ1) is 9.43. The summed E-state index contributed by atoms with van der Waals surface area (Å²) in [6, 6.07) is -0.386. The maximum atomic E-state index is 11.8. The Balaban J connectivity index is 2.17. The molecule has 5 nitrogen and oxygen atoms in total. The molecule has 1 saturated heterocycles. The van der Waals surface area contributed by atoms with Crippen LogP contribution in [0, 0.1) is 5.92 Å². The Morgan fingerprint density at radius 1 is 1.40 bits per heavy atom. The number of rotatable bonds is 7. The van der Waals surface area contributed by atoms with E-state index in [-0.39, 0.29) is 17.9 Å². The van der Waals surface area contributed by atoms with E-state index >= 15 is 0 Å². The number of hydrogen-bond acceptors (Lipinski definition) is 4. The van der Waals surface area contributed by atoms with Crippen molar-refractivity contribution in [3.05, 3.63) is 0 Å². The first-order valence-corrected chi connectivity index (χ1v) is 7.85. The van der Waals surface area contributed by atoms with Crippen molar-refractivity contribution in [2.24, 2.45) is 11.7 Å². The van der Waals surface area contributed by atoms with Crippen molar-refractivity contribution in [1.82, 2.24) is 10.2 Å². The van der Waals surface area contributed by atoms with E-state index in [9.17, 15) is 4.79 Å². The van der Waals surface area contributed by atoms with Gasteiger partial charge in [-0.25, -0.2) is 0 Å². The summed E-state index contributed by atoms with van der Waals surface area (Å²) in [5.41, 5.74) is 5.89. The number of morpholine rings is 1. The Hall–Kier alpha value is -0.650. The fourth-order valence-electron chi connectivity index (χ4n) is 2.61. The molecule has 1 aliphatic rings. The Morgan fingerprint density at radius 3 is 2.55 bits per heavy atom. The summed E-state index contributed by atoms with van der Waals surface area (Å²) in [4.78, 5) is 14.2. The summed E-state index contributed by atoms with van der Waals surface area (Å²) in [6.45, 7) is 11.9. The molecule has 1 fully saturated rings. The molecule has 1 aliphatic heterocycles. The van der Waals surface area contributed by atoms with E-state index in [2.05, 4.69) is 31.0 Å². The lowest BCUT2D eigenvalue weighted by Crippen LogP contribution is -2.47. The summed E-state index contributed by atoms with van der Waals surface area (Å²) in [5.74, 6) is 0.207. The monoisotopic (exact) mass is 285 g/mol. The molecule has 0 aromatic rings. The van der Waals surface area contributed by atoms with Gasteiger partial charge in [-0.05, 0) is 26.2 Å². The van der Waals surface area contributed by atoms with Crippen molar-refractivity contribution in [2.45, 2.75) is 58.8 Å². The Bertz CT molecular complexity index is 289. The standard InChI is InChI=1S/C15H31N3O2/c1-5-11(2)14(16)15(19)17-7-6-8-18-9-12(3)20-13(4)10-18/h11-14H,5-10,16H2,1-4H3,(H,17,19). The smallest absolute Gasteiger partial charge is 0.237 e. The summed E-state index contributed by atoms with van der Waals surface area (Å²) < 4.78 is 5.70. The van der Waals surface area contributed by atoms with E-state index in [1.54, 1.807) is 0 Å². The first kappa shape index (κ1) is 17.4. The van der Waals surface area contributed by atoms with Crippen LogP contribution in [0.25, 0.3) is 0 Å². The molecule has 0 aliphatic carbocycles. The molecule has 0 radical (unpaired) electrons. The quantitative estimate of drug-likeness (QED) is 0.684. The Morgan fingerprint density at radius 2 is 2.00 bits per heavy atom. The topological polar surface area (TPSA) is 67.6 Å². The van der Waals surface area contributed by atoms with Gasteiger partial charge < -0.3 is 15.8 Å². The van der Waals surface area contributed by atoms with Gasteiger partial charge in [-0.3, -0.25) is 9.69 Å². The van der Waals surface area contributed by atoms with E-state index in [0.29, 0.717) is 18.8 Å². The van der Waals surface area contributed by atoms with Gasteiger partial charge in [-0.2, -0.15) is 0 Å². The van der Waals surface area contributed by atoms with Gasteiger partial charge in [-0.15, -0.1) is 0 Å². The molecule has 0 aromatic heterocycles. The summed E-state index contributed by atoms with van der Waals surface area (Å²) in [6.07, 6.45) is 2.48. The highest BCUT2D eigenvalue weighted by Gasteiger charge is 2.22. The molecule has 1 heterocycles. The third kappa shape index (κ3) is 5.77. The highest BCUT2D eigenvalue weighted by Crippen LogP contribution is 2.10. The molecule has 0 saturated carbocycles. The largest absolute Gasteiger partial charge is 0.373 e. The summed E-state index contributed by atoms with van der Waals surface area (Å²) >= 11 is 0. The summed E-state index contributed by atoms with van der Waals surface area (Å²) in [5, 5.41) is 2.94. The highest BCUT2D eigenvalue weighted by atomic mass is 16.5. The van der Waals surface area contributed by atoms with Gasteiger partial charge in [-0.1, -0.05) is 20.3 Å². The van der Waals surface area contributed by atoms with E-state index in [0.717, 1.165) is 32.5 Å². The van der Waals surface area contributed by atoms with Crippen LogP contribution in [0.1, 0.15) is 40.5 Å². The lowest BCUT2D eigenvalue weighted by Gasteiger charge is -2.35. The summed E-state index contributed by atoms with van der Waals surface area (Å²) in [7, 11) is 0. The lowest BCUT2D eigenvalue weighted by atomic mass is 9.99. The number of carbonyl (C=O) groups is 1. The lowest BCUT2D eigenvalue weighted by molar-refractivity contribution is -0.123. The van der Waals surface area contributed by atoms with Gasteiger partial charge in [0.1, 0.15) is 0 Å². The number of nitrogens with one attached hydrogen (secondary N) is 1. The zero-order chi connectivity index (χ0) is 15.1. The van der Waals surface area contributed by atoms with Crippen LogP contribution in [-0.4, -0.2) is 55.2 Å². The van der Waals surface area contributed by atoms with Crippen LogP contribution >= 0.6 is 0 Å². The minimum atomic E-state index is -0.386. The van der Waals surface area contributed by atoms with Crippen LogP contribution in [-0.2, 0) is 9.53 Å². The molecule has 1 amide bonds. The van der Waals surface area contributed by atoms with Crippen LogP contribution in [0.15, 0.2) is 0 Å². The average Bonchev–Trinajstić information content (AvgIpc) is 2.40. The molecule has 1 rings (SSSR count). The normalized spacial score (nSPS) is 27.1. The molecule has 4 unspecified atom stereocenters. The predicted octanol–water partition coefficient (Wildman–Crippen LogP) is 0.975. The minimum absolute atomic E-state index is 0.0249. The second-order valence-electron chi connectivity index (χ2n) is 6.07. The van der Waals surface area contributed by atoms with E-state index in [4.69, 9.17) is 10.5 Å². The predicted molar refractivity (Wildman–Crippen MR) is 81.5 cm³/mol. The fourth-order valence-corrected chi connectivity index (χ4v) is 2.61. The second-order valence-corrected chi connectivity index (χ2v) is 6.07. The van der Waals surface area contributed by atoms with Crippen LogP contribution in [0.2, 0.25) is 0 Å². The van der Waals surface area contributed by atoms with Crippen LogP contribution < -0.4 is 11.1 Å². The third-order valence-corrected chi connectivity index (χ3v) is 4.01. The number of carbonyl (C=O) groups excluding carboxylic acids is 1. The molecule has 3 N–H and O–H groups in total. The van der Waals surface area contributed by atoms with Gasteiger partial charge in [0.15, 0.2) is 0 Å². The molecule has 0 aromatic carbocycles. The number of hydrogen-bond donors (Lipinski definition) is 2. The molecule has 20 heavy (non-hydrogen) atoms. The number of amides is 1. The van der Waals surface area contributed by atoms with Crippen molar-refractivity contribution >= 4 is 5.91 Å². The zero-order valence-corrected chi connectivity index (χ0v) is 13.4. The van der Waals surface area contributed by atoms with Gasteiger partial charge in [0.25, 0.3) is 0 Å². The molecule has 4 atom stereocenters. The molecule has 5 heteroatoms. The number of ether oxygens (including phenoxy) is 1. The fraction of sp³-hybridized carbons (Fsp3) is 0.933. The maximum absolute atomic E-state index is 11.8. The van der Waals surface area contributed by atoms with Crippen molar-refractivity contribution < 1.29 is 9.53 Å². The second kappa shape index (κ2) is 8.60.